The van der Waals surface area contributed by atoms with Gasteiger partial charge in [0.2, 0.25) is 0 Å². The molecule has 3 heteroatoms. The van der Waals surface area contributed by atoms with E-state index in [1.165, 1.54) is 11.4 Å². The summed E-state index contributed by atoms with van der Waals surface area (Å²) < 4.78 is 2.05. The van der Waals surface area contributed by atoms with E-state index in [1.807, 2.05) is 0 Å². The first kappa shape index (κ1) is 10.6. The lowest BCUT2D eigenvalue weighted by Gasteiger charge is -2.24. The zero-order valence-corrected chi connectivity index (χ0v) is 9.58. The van der Waals surface area contributed by atoms with Gasteiger partial charge in [0.25, 0.3) is 0 Å². The molecule has 84 valence electrons. The van der Waals surface area contributed by atoms with E-state index in [-0.39, 0.29) is 0 Å². The van der Waals surface area contributed by atoms with Crippen molar-refractivity contribution in [2.75, 3.05) is 12.0 Å². The van der Waals surface area contributed by atoms with Gasteiger partial charge in [0.15, 0.2) is 0 Å². The van der Waals surface area contributed by atoms with E-state index in [4.69, 9.17) is 0 Å². The Bertz CT molecular complexity index is 318. The van der Waals surface area contributed by atoms with Crippen molar-refractivity contribution in [1.29, 1.82) is 0 Å². The van der Waals surface area contributed by atoms with Crippen molar-refractivity contribution >= 4 is 0 Å². The van der Waals surface area contributed by atoms with Crippen LogP contribution in [-0.2, 0) is 0 Å². The number of hydrogen-bond donors (Lipinski definition) is 2. The first-order valence-corrected chi connectivity index (χ1v) is 5.72. The van der Waals surface area contributed by atoms with Gasteiger partial charge < -0.3 is 10.5 Å². The molecule has 1 aliphatic rings. The molecule has 0 unspecified atom stereocenters. The van der Waals surface area contributed by atoms with Gasteiger partial charge >= 0.3 is 0 Å². The number of rotatable bonds is 3. The Morgan fingerprint density at radius 2 is 1.80 bits per heavy atom. The molecular weight excluding hydrogens is 188 g/mol. The molecule has 0 saturated heterocycles. The summed E-state index contributed by atoms with van der Waals surface area (Å²) in [5, 5.41) is 10.2. The minimum absolute atomic E-state index is 0.483. The summed E-state index contributed by atoms with van der Waals surface area (Å²) in [6.45, 7) is 4.79. The van der Waals surface area contributed by atoms with Crippen LogP contribution in [0.15, 0.2) is 12.1 Å². The predicted molar refractivity (Wildman–Crippen MR) is 61.6 cm³/mol. The standard InChI is InChI=1S/C12H20N2O/c1-10-5-6-11(2)14(10)13-9-12(15)7-3-4-8-12/h5-6,13,15H,3-4,7-9H2,1-2H3. The average molecular weight is 208 g/mol. The van der Waals surface area contributed by atoms with Crippen molar-refractivity contribution in [3.05, 3.63) is 23.5 Å². The summed E-state index contributed by atoms with van der Waals surface area (Å²) >= 11 is 0. The summed E-state index contributed by atoms with van der Waals surface area (Å²) in [7, 11) is 0. The normalized spacial score (nSPS) is 19.4. The van der Waals surface area contributed by atoms with E-state index in [0.29, 0.717) is 6.54 Å². The lowest BCUT2D eigenvalue weighted by Crippen LogP contribution is -2.37. The highest BCUT2D eigenvalue weighted by Crippen LogP contribution is 2.28. The van der Waals surface area contributed by atoms with Crippen LogP contribution in [-0.4, -0.2) is 21.9 Å². The number of nitrogens with one attached hydrogen (secondary N) is 1. The molecule has 0 spiro atoms. The molecule has 1 heterocycles. The maximum atomic E-state index is 10.2. The molecule has 1 aromatic heterocycles. The van der Waals surface area contributed by atoms with Crippen LogP contribution in [0.2, 0.25) is 0 Å². The second-order valence-corrected chi connectivity index (χ2v) is 4.72. The van der Waals surface area contributed by atoms with Gasteiger partial charge in [-0.15, -0.1) is 0 Å². The van der Waals surface area contributed by atoms with Crippen LogP contribution in [0.4, 0.5) is 0 Å². The van der Waals surface area contributed by atoms with Crippen molar-refractivity contribution in [2.45, 2.75) is 45.1 Å². The molecule has 1 aliphatic carbocycles. The summed E-state index contributed by atoms with van der Waals surface area (Å²) in [6.07, 6.45) is 4.17. The van der Waals surface area contributed by atoms with Crippen molar-refractivity contribution in [3.63, 3.8) is 0 Å². The van der Waals surface area contributed by atoms with Crippen LogP contribution in [0.5, 0.6) is 0 Å². The number of hydrogen-bond acceptors (Lipinski definition) is 2. The predicted octanol–water partition coefficient (Wildman–Crippen LogP) is 1.95. The molecule has 15 heavy (non-hydrogen) atoms. The van der Waals surface area contributed by atoms with Crippen LogP contribution in [0, 0.1) is 13.8 Å². The van der Waals surface area contributed by atoms with Crippen LogP contribution < -0.4 is 5.43 Å². The zero-order valence-electron chi connectivity index (χ0n) is 9.58. The smallest absolute Gasteiger partial charge is 0.0835 e. The Kier molecular flexibility index (Phi) is 2.74. The Morgan fingerprint density at radius 3 is 2.33 bits per heavy atom. The molecule has 1 fully saturated rings. The van der Waals surface area contributed by atoms with E-state index in [1.54, 1.807) is 0 Å². The highest BCUT2D eigenvalue weighted by Gasteiger charge is 2.30. The second kappa shape index (κ2) is 3.89. The molecule has 0 aromatic carbocycles. The lowest BCUT2D eigenvalue weighted by atomic mass is 10.0. The number of aryl methyl sites for hydroxylation is 2. The van der Waals surface area contributed by atoms with Crippen molar-refractivity contribution in [1.82, 2.24) is 4.68 Å². The third kappa shape index (κ3) is 2.17. The molecule has 1 saturated carbocycles. The summed E-state index contributed by atoms with van der Waals surface area (Å²) in [5.74, 6) is 0. The van der Waals surface area contributed by atoms with Gasteiger partial charge in [0.1, 0.15) is 0 Å². The van der Waals surface area contributed by atoms with Crippen molar-refractivity contribution in [3.8, 4) is 0 Å². The fourth-order valence-corrected chi connectivity index (χ4v) is 2.35. The van der Waals surface area contributed by atoms with Crippen LogP contribution in [0.3, 0.4) is 0 Å². The first-order chi connectivity index (χ1) is 7.11. The van der Waals surface area contributed by atoms with Crippen LogP contribution in [0.25, 0.3) is 0 Å². The maximum absolute atomic E-state index is 10.2. The molecule has 2 rings (SSSR count). The van der Waals surface area contributed by atoms with E-state index >= 15 is 0 Å². The largest absolute Gasteiger partial charge is 0.388 e. The minimum Gasteiger partial charge on any atom is -0.388 e. The SMILES string of the molecule is Cc1ccc(C)n1NCC1(O)CCCC1. The van der Waals surface area contributed by atoms with E-state index in [2.05, 4.69) is 36.1 Å². The fourth-order valence-electron chi connectivity index (χ4n) is 2.35. The molecule has 3 nitrogen and oxygen atoms in total. The summed E-state index contributed by atoms with van der Waals surface area (Å²) in [5.41, 5.74) is 5.21. The summed E-state index contributed by atoms with van der Waals surface area (Å²) in [6, 6.07) is 4.17. The van der Waals surface area contributed by atoms with Crippen LogP contribution >= 0.6 is 0 Å². The second-order valence-electron chi connectivity index (χ2n) is 4.72. The van der Waals surface area contributed by atoms with E-state index in [9.17, 15) is 5.11 Å². The fraction of sp³-hybridized carbons (Fsp3) is 0.667. The van der Waals surface area contributed by atoms with Crippen LogP contribution in [0.1, 0.15) is 37.1 Å². The Labute approximate surface area is 91.1 Å². The highest BCUT2D eigenvalue weighted by atomic mass is 16.3. The third-order valence-electron chi connectivity index (χ3n) is 3.37. The Morgan fingerprint density at radius 1 is 1.27 bits per heavy atom. The Hall–Kier alpha value is -0.960. The quantitative estimate of drug-likeness (QED) is 0.796. The monoisotopic (exact) mass is 208 g/mol. The maximum Gasteiger partial charge on any atom is 0.0835 e. The molecule has 0 atom stereocenters. The Balaban J connectivity index is 1.98. The molecule has 2 N–H and O–H groups in total. The molecule has 0 bridgehead atoms. The van der Waals surface area contributed by atoms with Gasteiger partial charge in [-0.2, -0.15) is 0 Å². The minimum atomic E-state index is -0.483. The molecule has 0 aliphatic heterocycles. The van der Waals surface area contributed by atoms with Gasteiger partial charge in [-0.3, -0.25) is 4.68 Å². The van der Waals surface area contributed by atoms with Gasteiger partial charge in [0, 0.05) is 11.4 Å². The zero-order chi connectivity index (χ0) is 10.9. The van der Waals surface area contributed by atoms with Gasteiger partial charge in [-0.05, 0) is 38.8 Å². The molecular formula is C12H20N2O. The molecule has 0 radical (unpaired) electrons. The first-order valence-electron chi connectivity index (χ1n) is 5.72. The number of aromatic nitrogens is 1. The van der Waals surface area contributed by atoms with Gasteiger partial charge in [0.05, 0.1) is 12.1 Å². The highest BCUT2D eigenvalue weighted by molar-refractivity contribution is 5.15. The van der Waals surface area contributed by atoms with E-state index in [0.717, 1.165) is 25.7 Å². The number of nitrogens with zero attached hydrogens (tertiary/aromatic N) is 1. The lowest BCUT2D eigenvalue weighted by molar-refractivity contribution is 0.0587. The summed E-state index contributed by atoms with van der Waals surface area (Å²) in [4.78, 5) is 0. The molecule has 0 amide bonds. The molecule has 1 aromatic rings. The average Bonchev–Trinajstić information content (AvgIpc) is 2.74. The third-order valence-corrected chi connectivity index (χ3v) is 3.37. The van der Waals surface area contributed by atoms with Gasteiger partial charge in [-0.25, -0.2) is 0 Å². The number of aliphatic hydroxyl groups is 1. The van der Waals surface area contributed by atoms with Crippen molar-refractivity contribution in [2.24, 2.45) is 0 Å². The van der Waals surface area contributed by atoms with Gasteiger partial charge in [-0.1, -0.05) is 12.8 Å². The van der Waals surface area contributed by atoms with Crippen molar-refractivity contribution < 1.29 is 5.11 Å². The van der Waals surface area contributed by atoms with E-state index < -0.39 is 5.60 Å². The topological polar surface area (TPSA) is 37.2 Å².